The SMILES string of the molecule is COc1ccc(Cl)cc1NC(=O)CN1CCNC[C@@H]1C. The maximum Gasteiger partial charge on any atom is 0.238 e. The molecule has 1 aliphatic heterocycles. The van der Waals surface area contributed by atoms with Crippen molar-refractivity contribution >= 4 is 23.2 Å². The Bertz CT molecular complexity index is 481. The molecule has 0 spiro atoms. The van der Waals surface area contributed by atoms with Crippen molar-refractivity contribution in [1.29, 1.82) is 0 Å². The molecule has 1 aromatic carbocycles. The normalized spacial score (nSPS) is 19.6. The van der Waals surface area contributed by atoms with Gasteiger partial charge in [0.1, 0.15) is 5.75 Å². The van der Waals surface area contributed by atoms with Gasteiger partial charge in [-0.15, -0.1) is 0 Å². The topological polar surface area (TPSA) is 53.6 Å². The lowest BCUT2D eigenvalue weighted by molar-refractivity contribution is -0.118. The number of rotatable bonds is 4. The van der Waals surface area contributed by atoms with Gasteiger partial charge in [0.15, 0.2) is 0 Å². The van der Waals surface area contributed by atoms with E-state index >= 15 is 0 Å². The molecule has 2 rings (SSSR count). The molecule has 20 heavy (non-hydrogen) atoms. The number of anilines is 1. The number of hydrogen-bond acceptors (Lipinski definition) is 4. The summed E-state index contributed by atoms with van der Waals surface area (Å²) in [5, 5.41) is 6.73. The zero-order valence-corrected chi connectivity index (χ0v) is 12.5. The zero-order chi connectivity index (χ0) is 14.5. The molecule has 1 saturated heterocycles. The summed E-state index contributed by atoms with van der Waals surface area (Å²) >= 11 is 5.95. The summed E-state index contributed by atoms with van der Waals surface area (Å²) in [7, 11) is 1.57. The van der Waals surface area contributed by atoms with Crippen LogP contribution >= 0.6 is 11.6 Å². The molecule has 6 heteroatoms. The number of ether oxygens (including phenoxy) is 1. The Morgan fingerprint density at radius 1 is 1.60 bits per heavy atom. The van der Waals surface area contributed by atoms with Gasteiger partial charge in [-0.1, -0.05) is 11.6 Å². The van der Waals surface area contributed by atoms with E-state index in [-0.39, 0.29) is 5.91 Å². The van der Waals surface area contributed by atoms with Crippen molar-refractivity contribution in [1.82, 2.24) is 10.2 Å². The van der Waals surface area contributed by atoms with Crippen LogP contribution in [0, 0.1) is 0 Å². The number of methoxy groups -OCH3 is 1. The Hall–Kier alpha value is -1.30. The fourth-order valence-corrected chi connectivity index (χ4v) is 2.44. The molecule has 1 aliphatic rings. The molecule has 0 saturated carbocycles. The molecule has 0 aromatic heterocycles. The first-order valence-corrected chi connectivity index (χ1v) is 7.06. The van der Waals surface area contributed by atoms with Gasteiger partial charge in [-0.05, 0) is 25.1 Å². The van der Waals surface area contributed by atoms with E-state index in [0.29, 0.717) is 29.0 Å². The Morgan fingerprint density at radius 2 is 2.40 bits per heavy atom. The summed E-state index contributed by atoms with van der Waals surface area (Å²) in [5.74, 6) is 0.551. The maximum absolute atomic E-state index is 12.1. The second-order valence-electron chi connectivity index (χ2n) is 4.92. The van der Waals surface area contributed by atoms with E-state index in [0.717, 1.165) is 19.6 Å². The molecule has 5 nitrogen and oxygen atoms in total. The number of carbonyl (C=O) groups is 1. The molecule has 110 valence electrons. The van der Waals surface area contributed by atoms with Crippen molar-refractivity contribution in [3.05, 3.63) is 23.2 Å². The molecule has 0 bridgehead atoms. The Balaban J connectivity index is 1.99. The second-order valence-corrected chi connectivity index (χ2v) is 5.35. The highest BCUT2D eigenvalue weighted by Crippen LogP contribution is 2.27. The fourth-order valence-electron chi connectivity index (χ4n) is 2.27. The summed E-state index contributed by atoms with van der Waals surface area (Å²) < 4.78 is 5.22. The molecule has 0 aliphatic carbocycles. The smallest absolute Gasteiger partial charge is 0.238 e. The molecule has 1 heterocycles. The van der Waals surface area contributed by atoms with Gasteiger partial charge in [0.05, 0.1) is 19.3 Å². The third-order valence-electron chi connectivity index (χ3n) is 3.42. The van der Waals surface area contributed by atoms with Crippen LogP contribution in [0.5, 0.6) is 5.75 Å². The van der Waals surface area contributed by atoms with E-state index in [1.165, 1.54) is 0 Å². The average molecular weight is 298 g/mol. The van der Waals surface area contributed by atoms with Gasteiger partial charge < -0.3 is 15.4 Å². The predicted molar refractivity (Wildman–Crippen MR) is 80.5 cm³/mol. The zero-order valence-electron chi connectivity index (χ0n) is 11.8. The molecule has 0 unspecified atom stereocenters. The van der Waals surface area contributed by atoms with Crippen molar-refractivity contribution in [2.75, 3.05) is 38.6 Å². The average Bonchev–Trinajstić information content (AvgIpc) is 2.41. The Kier molecular flexibility index (Phi) is 5.23. The van der Waals surface area contributed by atoms with Gasteiger partial charge in [0.25, 0.3) is 0 Å². The summed E-state index contributed by atoms with van der Waals surface area (Å²) in [4.78, 5) is 14.3. The second kappa shape index (κ2) is 6.92. The fraction of sp³-hybridized carbons (Fsp3) is 0.500. The van der Waals surface area contributed by atoms with Crippen LogP contribution in [-0.2, 0) is 4.79 Å². The number of piperazine rings is 1. The standard InChI is InChI=1S/C14H20ClN3O2/c1-10-8-16-5-6-18(10)9-14(19)17-12-7-11(15)3-4-13(12)20-2/h3-4,7,10,16H,5-6,8-9H2,1-2H3,(H,17,19)/t10-/m0/s1. The molecule has 1 fully saturated rings. The minimum absolute atomic E-state index is 0.0562. The van der Waals surface area contributed by atoms with Crippen LogP contribution in [0.3, 0.4) is 0 Å². The van der Waals surface area contributed by atoms with Crippen LogP contribution in [0.4, 0.5) is 5.69 Å². The van der Waals surface area contributed by atoms with Crippen LogP contribution in [0.25, 0.3) is 0 Å². The van der Waals surface area contributed by atoms with Crippen molar-refractivity contribution in [3.63, 3.8) is 0 Å². The van der Waals surface area contributed by atoms with Gasteiger partial charge in [-0.3, -0.25) is 9.69 Å². The van der Waals surface area contributed by atoms with Crippen LogP contribution in [0.15, 0.2) is 18.2 Å². The van der Waals surface area contributed by atoms with E-state index in [4.69, 9.17) is 16.3 Å². The van der Waals surface area contributed by atoms with Crippen LogP contribution in [0.2, 0.25) is 5.02 Å². The molecule has 1 aromatic rings. The van der Waals surface area contributed by atoms with Crippen molar-refractivity contribution in [2.24, 2.45) is 0 Å². The first-order chi connectivity index (χ1) is 9.60. The van der Waals surface area contributed by atoms with Gasteiger partial charge in [-0.25, -0.2) is 0 Å². The van der Waals surface area contributed by atoms with E-state index < -0.39 is 0 Å². The summed E-state index contributed by atoms with van der Waals surface area (Å²) in [5.41, 5.74) is 0.604. The van der Waals surface area contributed by atoms with Crippen molar-refractivity contribution in [2.45, 2.75) is 13.0 Å². The monoisotopic (exact) mass is 297 g/mol. The van der Waals surface area contributed by atoms with Gasteiger partial charge >= 0.3 is 0 Å². The number of nitrogens with zero attached hydrogens (tertiary/aromatic N) is 1. The lowest BCUT2D eigenvalue weighted by atomic mass is 10.2. The first-order valence-electron chi connectivity index (χ1n) is 6.68. The van der Waals surface area contributed by atoms with E-state index in [2.05, 4.69) is 22.5 Å². The highest BCUT2D eigenvalue weighted by molar-refractivity contribution is 6.31. The maximum atomic E-state index is 12.1. The number of nitrogens with one attached hydrogen (secondary N) is 2. The minimum Gasteiger partial charge on any atom is -0.495 e. The number of benzene rings is 1. The molecule has 0 radical (unpaired) electrons. The third-order valence-corrected chi connectivity index (χ3v) is 3.66. The molecule has 1 atom stereocenters. The Morgan fingerprint density at radius 3 is 3.10 bits per heavy atom. The van der Waals surface area contributed by atoms with Crippen LogP contribution < -0.4 is 15.4 Å². The molecular formula is C14H20ClN3O2. The van der Waals surface area contributed by atoms with Gasteiger partial charge in [0.2, 0.25) is 5.91 Å². The quantitative estimate of drug-likeness (QED) is 0.886. The van der Waals surface area contributed by atoms with E-state index in [1.807, 2.05) is 0 Å². The van der Waals surface area contributed by atoms with Crippen LogP contribution in [0.1, 0.15) is 6.92 Å². The van der Waals surface area contributed by atoms with Crippen molar-refractivity contribution in [3.8, 4) is 5.75 Å². The lowest BCUT2D eigenvalue weighted by Crippen LogP contribution is -2.51. The first kappa shape index (κ1) is 15.1. The van der Waals surface area contributed by atoms with E-state index in [1.54, 1.807) is 25.3 Å². The number of halogens is 1. The Labute approximate surface area is 124 Å². The summed E-state index contributed by atoms with van der Waals surface area (Å²) in [6, 6.07) is 5.52. The van der Waals surface area contributed by atoms with E-state index in [9.17, 15) is 4.79 Å². The van der Waals surface area contributed by atoms with Gasteiger partial charge in [-0.2, -0.15) is 0 Å². The highest BCUT2D eigenvalue weighted by Gasteiger charge is 2.20. The van der Waals surface area contributed by atoms with Crippen LogP contribution in [-0.4, -0.2) is 50.1 Å². The molecule has 1 amide bonds. The number of hydrogen-bond donors (Lipinski definition) is 2. The minimum atomic E-state index is -0.0562. The predicted octanol–water partition coefficient (Wildman–Crippen LogP) is 1.58. The molecule has 2 N–H and O–H groups in total. The third kappa shape index (κ3) is 3.85. The number of amides is 1. The summed E-state index contributed by atoms with van der Waals surface area (Å²) in [6.07, 6.45) is 0. The largest absolute Gasteiger partial charge is 0.495 e. The molecular weight excluding hydrogens is 278 g/mol. The number of carbonyl (C=O) groups excluding carboxylic acids is 1. The lowest BCUT2D eigenvalue weighted by Gasteiger charge is -2.33. The van der Waals surface area contributed by atoms with Gasteiger partial charge in [0, 0.05) is 30.7 Å². The summed E-state index contributed by atoms with van der Waals surface area (Å²) in [6.45, 7) is 5.19. The highest BCUT2D eigenvalue weighted by atomic mass is 35.5. The van der Waals surface area contributed by atoms with Crippen molar-refractivity contribution < 1.29 is 9.53 Å².